The number of nitriles is 1. The van der Waals surface area contributed by atoms with Crippen LogP contribution in [0, 0.1) is 11.3 Å². The molecule has 0 saturated carbocycles. The van der Waals surface area contributed by atoms with E-state index in [0.717, 1.165) is 5.56 Å². The van der Waals surface area contributed by atoms with Gasteiger partial charge in [0.1, 0.15) is 6.61 Å². The molecule has 0 bridgehead atoms. The number of nitrogens with one attached hydrogen (secondary N) is 1. The number of hydrogen-bond acceptors (Lipinski definition) is 4. The van der Waals surface area contributed by atoms with Gasteiger partial charge in [-0.2, -0.15) is 5.26 Å². The molecule has 18 heavy (non-hydrogen) atoms. The molecule has 0 saturated heterocycles. The van der Waals surface area contributed by atoms with Gasteiger partial charge in [0.2, 0.25) is 5.91 Å². The summed E-state index contributed by atoms with van der Waals surface area (Å²) in [6.07, 6.45) is -0.654. The minimum atomic E-state index is -0.864. The first-order chi connectivity index (χ1) is 8.61. The summed E-state index contributed by atoms with van der Waals surface area (Å²) in [7, 11) is 0. The smallest absolute Gasteiger partial charge is 0.404 e. The SMILES string of the molecule is N#Cc1ccc(CC(=O)NCCOC(N)=O)cc1. The van der Waals surface area contributed by atoms with Crippen LogP contribution in [0.4, 0.5) is 4.79 Å². The van der Waals surface area contributed by atoms with Crippen molar-refractivity contribution in [2.45, 2.75) is 6.42 Å². The topological polar surface area (TPSA) is 105 Å². The summed E-state index contributed by atoms with van der Waals surface area (Å²) in [4.78, 5) is 21.7. The summed E-state index contributed by atoms with van der Waals surface area (Å²) >= 11 is 0. The highest BCUT2D eigenvalue weighted by atomic mass is 16.5. The number of ether oxygens (including phenoxy) is 1. The van der Waals surface area contributed by atoms with Crippen molar-refractivity contribution in [3.05, 3.63) is 35.4 Å². The zero-order valence-corrected chi connectivity index (χ0v) is 9.68. The Morgan fingerprint density at radius 2 is 2.00 bits per heavy atom. The van der Waals surface area contributed by atoms with Crippen LogP contribution < -0.4 is 11.1 Å². The van der Waals surface area contributed by atoms with E-state index in [0.29, 0.717) is 5.56 Å². The Bertz CT molecular complexity index is 462. The second-order valence-electron chi connectivity index (χ2n) is 3.50. The molecule has 1 rings (SSSR count). The monoisotopic (exact) mass is 247 g/mol. The number of carbonyl (C=O) groups excluding carboxylic acids is 2. The molecule has 1 aromatic rings. The van der Waals surface area contributed by atoms with Gasteiger partial charge in [-0.15, -0.1) is 0 Å². The molecule has 0 spiro atoms. The van der Waals surface area contributed by atoms with Crippen LogP contribution in [0.2, 0.25) is 0 Å². The molecular weight excluding hydrogens is 234 g/mol. The number of amides is 2. The van der Waals surface area contributed by atoms with Crippen molar-refractivity contribution in [2.75, 3.05) is 13.2 Å². The second-order valence-corrected chi connectivity index (χ2v) is 3.50. The van der Waals surface area contributed by atoms with Crippen molar-refractivity contribution in [3.8, 4) is 6.07 Å². The second kappa shape index (κ2) is 6.91. The summed E-state index contributed by atoms with van der Waals surface area (Å²) in [5.74, 6) is -0.187. The fourth-order valence-corrected chi connectivity index (χ4v) is 1.29. The van der Waals surface area contributed by atoms with Crippen LogP contribution in [0.1, 0.15) is 11.1 Å². The first kappa shape index (κ1) is 13.5. The number of carbonyl (C=O) groups is 2. The summed E-state index contributed by atoms with van der Waals surface area (Å²) < 4.78 is 4.46. The van der Waals surface area contributed by atoms with Crippen LogP contribution in [-0.4, -0.2) is 25.2 Å². The van der Waals surface area contributed by atoms with E-state index in [9.17, 15) is 9.59 Å². The number of primary amides is 1. The number of benzene rings is 1. The van der Waals surface area contributed by atoms with Crippen LogP contribution in [0.5, 0.6) is 0 Å². The molecule has 94 valence electrons. The molecule has 6 heteroatoms. The molecule has 6 nitrogen and oxygen atoms in total. The third-order valence-electron chi connectivity index (χ3n) is 2.12. The molecular formula is C12H13N3O3. The fraction of sp³-hybridized carbons (Fsp3) is 0.250. The summed E-state index contributed by atoms with van der Waals surface area (Å²) in [6.45, 7) is 0.270. The Labute approximate surface area is 104 Å². The average Bonchev–Trinajstić information content (AvgIpc) is 2.35. The lowest BCUT2D eigenvalue weighted by Crippen LogP contribution is -2.30. The largest absolute Gasteiger partial charge is 0.448 e. The van der Waals surface area contributed by atoms with Crippen LogP contribution in [0.15, 0.2) is 24.3 Å². The van der Waals surface area contributed by atoms with Crippen LogP contribution >= 0.6 is 0 Å². The molecule has 0 atom stereocenters. The quantitative estimate of drug-likeness (QED) is 0.730. The number of nitrogens with zero attached hydrogens (tertiary/aromatic N) is 1. The predicted molar refractivity (Wildman–Crippen MR) is 63.4 cm³/mol. The molecule has 0 aliphatic carbocycles. The fourth-order valence-electron chi connectivity index (χ4n) is 1.29. The maximum absolute atomic E-state index is 11.5. The molecule has 0 radical (unpaired) electrons. The molecule has 0 fully saturated rings. The summed E-state index contributed by atoms with van der Waals surface area (Å²) in [5.41, 5.74) is 6.12. The molecule has 0 heterocycles. The van der Waals surface area contributed by atoms with Gasteiger partial charge in [0.05, 0.1) is 24.6 Å². The molecule has 0 aromatic heterocycles. The average molecular weight is 247 g/mol. The third-order valence-corrected chi connectivity index (χ3v) is 2.12. The van der Waals surface area contributed by atoms with E-state index < -0.39 is 6.09 Å². The zero-order valence-electron chi connectivity index (χ0n) is 9.68. The number of hydrogen-bond donors (Lipinski definition) is 2. The van der Waals surface area contributed by atoms with Crippen LogP contribution in [0.3, 0.4) is 0 Å². The Kier molecular flexibility index (Phi) is 5.19. The van der Waals surface area contributed by atoms with Crippen molar-refractivity contribution in [1.82, 2.24) is 5.32 Å². The van der Waals surface area contributed by atoms with Crippen LogP contribution in [-0.2, 0) is 16.0 Å². The van der Waals surface area contributed by atoms with E-state index in [-0.39, 0.29) is 25.5 Å². The van der Waals surface area contributed by atoms with E-state index in [1.165, 1.54) is 0 Å². The van der Waals surface area contributed by atoms with E-state index in [2.05, 4.69) is 10.1 Å². The van der Waals surface area contributed by atoms with Crippen LogP contribution in [0.25, 0.3) is 0 Å². The molecule has 3 N–H and O–H groups in total. The number of nitrogens with two attached hydrogens (primary N) is 1. The van der Waals surface area contributed by atoms with Gasteiger partial charge in [-0.1, -0.05) is 12.1 Å². The van der Waals surface area contributed by atoms with Gasteiger partial charge in [-0.25, -0.2) is 4.79 Å². The normalized spacial score (nSPS) is 9.28. The third kappa shape index (κ3) is 4.99. The lowest BCUT2D eigenvalue weighted by molar-refractivity contribution is -0.120. The standard InChI is InChI=1S/C12H13N3O3/c13-8-10-3-1-9(2-4-10)7-11(16)15-5-6-18-12(14)17/h1-4H,5-7H2,(H2,14,17)(H,15,16). The Morgan fingerprint density at radius 1 is 1.33 bits per heavy atom. The van der Waals surface area contributed by atoms with Gasteiger partial charge in [-0.05, 0) is 17.7 Å². The van der Waals surface area contributed by atoms with E-state index in [4.69, 9.17) is 11.0 Å². The molecule has 0 aliphatic heterocycles. The van der Waals surface area contributed by atoms with Crippen molar-refractivity contribution in [3.63, 3.8) is 0 Å². The Morgan fingerprint density at radius 3 is 2.56 bits per heavy atom. The van der Waals surface area contributed by atoms with Crippen molar-refractivity contribution >= 4 is 12.0 Å². The first-order valence-corrected chi connectivity index (χ1v) is 5.30. The van der Waals surface area contributed by atoms with Gasteiger partial charge in [-0.3, -0.25) is 4.79 Å². The van der Waals surface area contributed by atoms with E-state index in [1.807, 2.05) is 6.07 Å². The van der Waals surface area contributed by atoms with E-state index in [1.54, 1.807) is 24.3 Å². The maximum Gasteiger partial charge on any atom is 0.404 e. The Hall–Kier alpha value is -2.55. The maximum atomic E-state index is 11.5. The molecule has 0 unspecified atom stereocenters. The van der Waals surface area contributed by atoms with E-state index >= 15 is 0 Å². The summed E-state index contributed by atoms with van der Waals surface area (Å²) in [6, 6.07) is 8.74. The highest BCUT2D eigenvalue weighted by Gasteiger charge is 2.03. The minimum absolute atomic E-state index is 0.0500. The predicted octanol–water partition coefficient (Wildman–Crippen LogP) is 0.312. The lowest BCUT2D eigenvalue weighted by Gasteiger charge is -2.05. The van der Waals surface area contributed by atoms with Crippen molar-refractivity contribution in [1.29, 1.82) is 5.26 Å². The molecule has 2 amide bonds. The van der Waals surface area contributed by atoms with Gasteiger partial charge in [0, 0.05) is 0 Å². The highest BCUT2D eigenvalue weighted by molar-refractivity contribution is 5.78. The first-order valence-electron chi connectivity index (χ1n) is 5.30. The summed E-state index contributed by atoms with van der Waals surface area (Å²) in [5, 5.41) is 11.2. The van der Waals surface area contributed by atoms with Gasteiger partial charge in [0.25, 0.3) is 0 Å². The number of rotatable bonds is 5. The minimum Gasteiger partial charge on any atom is -0.448 e. The molecule has 1 aromatic carbocycles. The molecule has 0 aliphatic rings. The Balaban J connectivity index is 2.31. The lowest BCUT2D eigenvalue weighted by atomic mass is 10.1. The van der Waals surface area contributed by atoms with Crippen molar-refractivity contribution < 1.29 is 14.3 Å². The zero-order chi connectivity index (χ0) is 13.4. The van der Waals surface area contributed by atoms with Gasteiger partial charge in [0.15, 0.2) is 0 Å². The highest BCUT2D eigenvalue weighted by Crippen LogP contribution is 2.03. The van der Waals surface area contributed by atoms with Gasteiger partial charge >= 0.3 is 6.09 Å². The van der Waals surface area contributed by atoms with Crippen molar-refractivity contribution in [2.24, 2.45) is 5.73 Å². The van der Waals surface area contributed by atoms with Gasteiger partial charge < -0.3 is 15.8 Å².